The highest BCUT2D eigenvalue weighted by atomic mass is 35.5. The van der Waals surface area contributed by atoms with Gasteiger partial charge in [0.05, 0.1) is 23.9 Å². The third kappa shape index (κ3) is 4.17. The van der Waals surface area contributed by atoms with E-state index in [1.165, 1.54) is 0 Å². The molecular formula is C24H27ClN2O3. The van der Waals surface area contributed by atoms with Gasteiger partial charge < -0.3 is 14.5 Å². The van der Waals surface area contributed by atoms with E-state index in [4.69, 9.17) is 16.3 Å². The molecule has 0 N–H and O–H groups in total. The minimum Gasteiger partial charge on any atom is -0.497 e. The molecule has 5 nitrogen and oxygen atoms in total. The fraction of sp³-hybridized carbons (Fsp3) is 0.417. The molecule has 1 atom stereocenters. The Morgan fingerprint density at radius 3 is 2.53 bits per heavy atom. The Bertz CT molecular complexity index is 929. The molecule has 6 heteroatoms. The first-order chi connectivity index (χ1) is 14.6. The number of amides is 2. The second-order valence-corrected chi connectivity index (χ2v) is 8.36. The molecule has 2 fully saturated rings. The van der Waals surface area contributed by atoms with Crippen molar-refractivity contribution in [1.82, 2.24) is 4.90 Å². The van der Waals surface area contributed by atoms with Crippen molar-refractivity contribution in [2.24, 2.45) is 0 Å². The number of hydrogen-bond acceptors (Lipinski definition) is 3. The minimum atomic E-state index is -0.0118. The summed E-state index contributed by atoms with van der Waals surface area (Å²) in [5.74, 6) is 0.859. The number of methoxy groups -OCH3 is 1. The van der Waals surface area contributed by atoms with Crippen molar-refractivity contribution in [3.05, 3.63) is 58.6 Å². The van der Waals surface area contributed by atoms with Crippen LogP contribution >= 0.6 is 11.6 Å². The maximum atomic E-state index is 13.6. The zero-order valence-electron chi connectivity index (χ0n) is 17.3. The van der Waals surface area contributed by atoms with E-state index in [0.717, 1.165) is 50.0 Å². The minimum absolute atomic E-state index is 0.0118. The van der Waals surface area contributed by atoms with Gasteiger partial charge in [0.1, 0.15) is 5.75 Å². The summed E-state index contributed by atoms with van der Waals surface area (Å²) in [5.41, 5.74) is 2.34. The quantitative estimate of drug-likeness (QED) is 0.672. The summed E-state index contributed by atoms with van der Waals surface area (Å²) < 4.78 is 5.28. The number of rotatable bonds is 4. The Morgan fingerprint density at radius 1 is 1.03 bits per heavy atom. The maximum Gasteiger partial charge on any atom is 0.254 e. The van der Waals surface area contributed by atoms with Crippen molar-refractivity contribution in [2.45, 2.75) is 44.6 Å². The van der Waals surface area contributed by atoms with Gasteiger partial charge in [-0.05, 0) is 55.2 Å². The van der Waals surface area contributed by atoms with Crippen LogP contribution in [0.2, 0.25) is 5.02 Å². The first-order valence-corrected chi connectivity index (χ1v) is 11.0. The summed E-state index contributed by atoms with van der Waals surface area (Å²) in [7, 11) is 1.65. The Kier molecular flexibility index (Phi) is 6.28. The monoisotopic (exact) mass is 426 g/mol. The van der Waals surface area contributed by atoms with Gasteiger partial charge in [0, 0.05) is 25.1 Å². The summed E-state index contributed by atoms with van der Waals surface area (Å²) >= 11 is 6.38. The van der Waals surface area contributed by atoms with Crippen LogP contribution in [0.1, 0.15) is 60.5 Å². The molecule has 2 aliphatic heterocycles. The average Bonchev–Trinajstić information content (AvgIpc) is 3.05. The van der Waals surface area contributed by atoms with Crippen LogP contribution < -0.4 is 9.64 Å². The van der Waals surface area contributed by atoms with Crippen LogP contribution in [0.4, 0.5) is 5.69 Å². The molecule has 0 aliphatic carbocycles. The SMILES string of the molecule is COc1ccc(C2CCCCCN2C(=O)c2ccc(Cl)c(N3CCCC3=O)c2)cc1. The molecule has 0 radical (unpaired) electrons. The smallest absolute Gasteiger partial charge is 0.254 e. The Balaban J connectivity index is 1.64. The lowest BCUT2D eigenvalue weighted by atomic mass is 9.99. The first kappa shape index (κ1) is 20.7. The van der Waals surface area contributed by atoms with Crippen molar-refractivity contribution < 1.29 is 14.3 Å². The topological polar surface area (TPSA) is 49.9 Å². The van der Waals surface area contributed by atoms with Crippen molar-refractivity contribution >= 4 is 29.1 Å². The molecule has 2 aliphatic rings. The predicted molar refractivity (Wildman–Crippen MR) is 118 cm³/mol. The van der Waals surface area contributed by atoms with Crippen LogP contribution in [0.25, 0.3) is 0 Å². The normalized spacial score (nSPS) is 19.7. The van der Waals surface area contributed by atoms with Gasteiger partial charge >= 0.3 is 0 Å². The van der Waals surface area contributed by atoms with Crippen LogP contribution in [0.15, 0.2) is 42.5 Å². The third-order valence-electron chi connectivity index (χ3n) is 6.07. The zero-order valence-corrected chi connectivity index (χ0v) is 18.0. The maximum absolute atomic E-state index is 13.6. The van der Waals surface area contributed by atoms with Crippen LogP contribution in [0, 0.1) is 0 Å². The van der Waals surface area contributed by atoms with Gasteiger partial charge in [-0.2, -0.15) is 0 Å². The number of benzene rings is 2. The zero-order chi connectivity index (χ0) is 21.1. The highest BCUT2D eigenvalue weighted by molar-refractivity contribution is 6.34. The second-order valence-electron chi connectivity index (χ2n) is 7.95. The fourth-order valence-corrected chi connectivity index (χ4v) is 4.66. The lowest BCUT2D eigenvalue weighted by molar-refractivity contribution is -0.117. The molecule has 0 aromatic heterocycles. The molecule has 0 spiro atoms. The molecule has 30 heavy (non-hydrogen) atoms. The predicted octanol–water partition coefficient (Wildman–Crippen LogP) is 5.23. The fourth-order valence-electron chi connectivity index (χ4n) is 4.45. The lowest BCUT2D eigenvalue weighted by Gasteiger charge is -2.31. The van der Waals surface area contributed by atoms with Crippen LogP contribution in [-0.2, 0) is 4.79 Å². The average molecular weight is 427 g/mol. The highest BCUT2D eigenvalue weighted by Crippen LogP contribution is 2.35. The van der Waals surface area contributed by atoms with E-state index in [1.807, 2.05) is 29.2 Å². The summed E-state index contributed by atoms with van der Waals surface area (Å²) in [6.45, 7) is 1.37. The van der Waals surface area contributed by atoms with Crippen molar-refractivity contribution in [2.75, 3.05) is 25.1 Å². The molecule has 4 rings (SSSR count). The highest BCUT2D eigenvalue weighted by Gasteiger charge is 2.29. The van der Waals surface area contributed by atoms with E-state index >= 15 is 0 Å². The second kappa shape index (κ2) is 9.09. The number of carbonyl (C=O) groups is 2. The summed E-state index contributed by atoms with van der Waals surface area (Å²) in [5, 5.41) is 0.504. The molecule has 0 saturated carbocycles. The van der Waals surface area contributed by atoms with E-state index < -0.39 is 0 Å². The molecule has 2 amide bonds. The lowest BCUT2D eigenvalue weighted by Crippen LogP contribution is -2.35. The van der Waals surface area contributed by atoms with Gasteiger partial charge in [-0.25, -0.2) is 0 Å². The first-order valence-electron chi connectivity index (χ1n) is 10.6. The number of hydrogen-bond donors (Lipinski definition) is 0. The Hall–Kier alpha value is -2.53. The summed E-state index contributed by atoms with van der Waals surface area (Å²) in [4.78, 5) is 29.5. The van der Waals surface area contributed by atoms with Gasteiger partial charge in [-0.3, -0.25) is 9.59 Å². The van der Waals surface area contributed by atoms with E-state index in [0.29, 0.717) is 29.2 Å². The number of nitrogens with zero attached hydrogens (tertiary/aromatic N) is 2. The molecular weight excluding hydrogens is 400 g/mol. The molecule has 2 heterocycles. The number of likely N-dealkylation sites (tertiary alicyclic amines) is 1. The number of carbonyl (C=O) groups excluding carboxylic acids is 2. The van der Waals surface area contributed by atoms with E-state index in [2.05, 4.69) is 0 Å². The number of anilines is 1. The molecule has 0 bridgehead atoms. The van der Waals surface area contributed by atoms with Gasteiger partial charge in [0.2, 0.25) is 5.91 Å². The van der Waals surface area contributed by atoms with Crippen molar-refractivity contribution in [3.63, 3.8) is 0 Å². The Morgan fingerprint density at radius 2 is 1.83 bits per heavy atom. The molecule has 2 saturated heterocycles. The van der Waals surface area contributed by atoms with Gasteiger partial charge in [-0.15, -0.1) is 0 Å². The molecule has 1 unspecified atom stereocenters. The summed E-state index contributed by atoms with van der Waals surface area (Å²) in [6.07, 6.45) is 5.48. The molecule has 2 aromatic carbocycles. The van der Waals surface area contributed by atoms with Crippen LogP contribution in [0.5, 0.6) is 5.75 Å². The van der Waals surface area contributed by atoms with Crippen LogP contribution in [-0.4, -0.2) is 36.9 Å². The van der Waals surface area contributed by atoms with Gasteiger partial charge in [0.25, 0.3) is 5.91 Å². The van der Waals surface area contributed by atoms with Crippen molar-refractivity contribution in [1.29, 1.82) is 0 Å². The third-order valence-corrected chi connectivity index (χ3v) is 6.39. The standard InChI is InChI=1S/C24H27ClN2O3/c1-30-19-11-8-17(9-12-19)21-6-3-2-4-14-27(21)24(29)18-10-13-20(25)22(16-18)26-15-5-7-23(26)28/h8-13,16,21H,2-7,14-15H2,1H3. The van der Waals surface area contributed by atoms with Gasteiger partial charge in [-0.1, -0.05) is 36.6 Å². The van der Waals surface area contributed by atoms with E-state index in [9.17, 15) is 9.59 Å². The van der Waals surface area contributed by atoms with Gasteiger partial charge in [0.15, 0.2) is 0 Å². The van der Waals surface area contributed by atoms with Crippen molar-refractivity contribution in [3.8, 4) is 5.75 Å². The van der Waals surface area contributed by atoms with E-state index in [-0.39, 0.29) is 17.9 Å². The number of ether oxygens (including phenoxy) is 1. The largest absolute Gasteiger partial charge is 0.497 e. The molecule has 158 valence electrons. The summed E-state index contributed by atoms with van der Waals surface area (Å²) in [6, 6.07) is 13.3. The van der Waals surface area contributed by atoms with E-state index in [1.54, 1.807) is 30.2 Å². The molecule has 2 aromatic rings. The van der Waals surface area contributed by atoms with Crippen LogP contribution in [0.3, 0.4) is 0 Å². The number of halogens is 1. The Labute approximate surface area is 182 Å².